The van der Waals surface area contributed by atoms with E-state index in [0.717, 1.165) is 12.8 Å². The second kappa shape index (κ2) is 11.9. The average Bonchev–Trinajstić information content (AvgIpc) is 3.26. The molecule has 2 aromatic carbocycles. The Balaban J connectivity index is 1.81. The van der Waals surface area contributed by atoms with Crippen molar-refractivity contribution in [2.45, 2.75) is 58.3 Å². The summed E-state index contributed by atoms with van der Waals surface area (Å²) in [6.07, 6.45) is 1.64. The second-order valence-electron chi connectivity index (χ2n) is 9.13. The fourth-order valence-corrected chi connectivity index (χ4v) is 5.59. The number of imidazole rings is 1. The zero-order valence-corrected chi connectivity index (χ0v) is 24.0. The highest BCUT2D eigenvalue weighted by atomic mass is 32.2. The van der Waals surface area contributed by atoms with Gasteiger partial charge in [0.25, 0.3) is 15.6 Å². The summed E-state index contributed by atoms with van der Waals surface area (Å²) < 4.78 is 41.6. The van der Waals surface area contributed by atoms with Gasteiger partial charge in [-0.25, -0.2) is 22.7 Å². The van der Waals surface area contributed by atoms with Crippen LogP contribution in [0.15, 0.2) is 52.2 Å². The van der Waals surface area contributed by atoms with Crippen LogP contribution in [0, 0.1) is 6.92 Å². The molecule has 11 nitrogen and oxygen atoms in total. The highest BCUT2D eigenvalue weighted by Crippen LogP contribution is 2.32. The summed E-state index contributed by atoms with van der Waals surface area (Å²) in [6.45, 7) is 9.87. The molecule has 0 saturated carbocycles. The Kier molecular flexibility index (Phi) is 8.58. The highest BCUT2D eigenvalue weighted by Gasteiger charge is 2.23. The van der Waals surface area contributed by atoms with Crippen LogP contribution in [-0.2, 0) is 14.8 Å². The number of carbonyl (C=O) groups excluding carboxylic acids is 1. The number of hydrogen-bond donors (Lipinski definition) is 2. The quantitative estimate of drug-likeness (QED) is 0.249. The number of ether oxygens (including phenoxy) is 2. The minimum Gasteiger partial charge on any atom is -0.493 e. The Morgan fingerprint density at radius 2 is 1.82 bits per heavy atom. The van der Waals surface area contributed by atoms with Gasteiger partial charge in [0.15, 0.2) is 11.3 Å². The summed E-state index contributed by atoms with van der Waals surface area (Å²) in [7, 11) is -4.10. The summed E-state index contributed by atoms with van der Waals surface area (Å²) >= 11 is 0. The number of H-pyrrole nitrogens is 1. The Hall–Kier alpha value is -4.19. The number of benzene rings is 2. The van der Waals surface area contributed by atoms with Crippen LogP contribution in [-0.4, -0.2) is 47.2 Å². The number of hydrogen-bond acceptors (Lipinski definition) is 8. The smallest absolute Gasteiger partial charge is 0.338 e. The zero-order chi connectivity index (χ0) is 29.0. The van der Waals surface area contributed by atoms with Gasteiger partial charge in [0.1, 0.15) is 11.6 Å². The van der Waals surface area contributed by atoms with E-state index in [4.69, 9.17) is 14.6 Å². The van der Waals surface area contributed by atoms with Gasteiger partial charge in [-0.2, -0.15) is 0 Å². The van der Waals surface area contributed by atoms with E-state index in [1.54, 1.807) is 31.4 Å². The van der Waals surface area contributed by atoms with E-state index < -0.39 is 21.6 Å². The predicted molar refractivity (Wildman–Crippen MR) is 151 cm³/mol. The maximum atomic E-state index is 13.4. The van der Waals surface area contributed by atoms with Crippen molar-refractivity contribution in [2.24, 2.45) is 0 Å². The van der Waals surface area contributed by atoms with Gasteiger partial charge in [-0.15, -0.1) is 5.10 Å². The molecule has 40 heavy (non-hydrogen) atoms. The summed E-state index contributed by atoms with van der Waals surface area (Å²) in [6, 6.07) is 10.3. The number of anilines is 1. The molecule has 0 spiro atoms. The molecule has 2 N–H and O–H groups in total. The van der Waals surface area contributed by atoms with Crippen LogP contribution in [0.3, 0.4) is 0 Å². The van der Waals surface area contributed by atoms with Crippen LogP contribution in [0.4, 0.5) is 5.69 Å². The third kappa shape index (κ3) is 5.71. The molecular weight excluding hydrogens is 534 g/mol. The number of nitrogens with one attached hydrogen (secondary N) is 2. The molecule has 0 saturated heterocycles. The first-order valence-corrected chi connectivity index (χ1v) is 14.7. The number of carbonyl (C=O) groups is 1. The first-order valence-electron chi connectivity index (χ1n) is 13.2. The summed E-state index contributed by atoms with van der Waals surface area (Å²) in [5, 5.41) is 4.69. The fourth-order valence-electron chi connectivity index (χ4n) is 4.51. The molecule has 0 aliphatic rings. The molecule has 4 aromatic rings. The molecule has 0 amide bonds. The number of nitrogens with zero attached hydrogens (tertiary/aromatic N) is 3. The van der Waals surface area contributed by atoms with Crippen molar-refractivity contribution in [1.82, 2.24) is 19.6 Å². The minimum absolute atomic E-state index is 0.0859. The summed E-state index contributed by atoms with van der Waals surface area (Å²) in [5.74, 6) is 0.714. The zero-order valence-electron chi connectivity index (χ0n) is 23.1. The maximum absolute atomic E-state index is 13.4. The SMILES string of the molecule is CCOC(=O)c1cccc(NS(=O)(=O)c2ccc(OCC)c(-c3nn4c(C(CC)CC)nc(C)c4c(=O)[nH]3)c2)c1. The second-order valence-corrected chi connectivity index (χ2v) is 10.8. The van der Waals surface area contributed by atoms with Crippen molar-refractivity contribution < 1.29 is 22.7 Å². The summed E-state index contributed by atoms with van der Waals surface area (Å²) in [5.41, 5.74) is 1.22. The van der Waals surface area contributed by atoms with E-state index in [9.17, 15) is 18.0 Å². The van der Waals surface area contributed by atoms with E-state index in [-0.39, 0.29) is 34.5 Å². The van der Waals surface area contributed by atoms with Crippen LogP contribution >= 0.6 is 0 Å². The molecule has 0 aliphatic heterocycles. The number of esters is 1. The Morgan fingerprint density at radius 1 is 1.07 bits per heavy atom. The lowest BCUT2D eigenvalue weighted by Crippen LogP contribution is -2.17. The number of aryl methyl sites for hydroxylation is 1. The molecule has 4 rings (SSSR count). The predicted octanol–water partition coefficient (Wildman–Crippen LogP) is 4.67. The van der Waals surface area contributed by atoms with Crippen LogP contribution < -0.4 is 15.0 Å². The molecule has 0 radical (unpaired) electrons. The molecule has 212 valence electrons. The maximum Gasteiger partial charge on any atom is 0.338 e. The Morgan fingerprint density at radius 3 is 2.50 bits per heavy atom. The van der Waals surface area contributed by atoms with E-state index >= 15 is 0 Å². The third-order valence-electron chi connectivity index (χ3n) is 6.49. The molecular formula is C28H33N5O6S. The fraction of sp³-hybridized carbons (Fsp3) is 0.357. The lowest BCUT2D eigenvalue weighted by atomic mass is 10.0. The van der Waals surface area contributed by atoms with Crippen LogP contribution in [0.2, 0.25) is 0 Å². The largest absolute Gasteiger partial charge is 0.493 e. The lowest BCUT2D eigenvalue weighted by molar-refractivity contribution is 0.0526. The molecule has 0 aliphatic carbocycles. The van der Waals surface area contributed by atoms with Crippen LogP contribution in [0.1, 0.15) is 68.3 Å². The minimum atomic E-state index is -4.10. The van der Waals surface area contributed by atoms with Crippen LogP contribution in [0.25, 0.3) is 16.9 Å². The van der Waals surface area contributed by atoms with Crippen molar-refractivity contribution in [3.05, 3.63) is 69.9 Å². The number of aromatic amines is 1. The van der Waals surface area contributed by atoms with Gasteiger partial charge in [-0.3, -0.25) is 9.52 Å². The van der Waals surface area contributed by atoms with E-state index in [2.05, 4.69) is 28.5 Å². The van der Waals surface area contributed by atoms with Crippen molar-refractivity contribution >= 4 is 27.2 Å². The molecule has 2 heterocycles. The standard InChI is InChI=1S/C28H33N5O6S/c1-6-18(7-2)26-29-17(5)24-27(34)30-25(31-33(24)26)22-16-21(13-14-23(22)38-8-3)40(36,37)32-20-12-10-11-19(15-20)28(35)39-9-4/h10-16,18,32H,6-9H2,1-5H3,(H,30,31,34). The highest BCUT2D eigenvalue weighted by molar-refractivity contribution is 7.92. The number of rotatable bonds is 11. The van der Waals surface area contributed by atoms with Gasteiger partial charge >= 0.3 is 5.97 Å². The third-order valence-corrected chi connectivity index (χ3v) is 7.87. The first-order chi connectivity index (χ1) is 19.1. The van der Waals surface area contributed by atoms with Crippen molar-refractivity contribution in [3.8, 4) is 17.1 Å². The Labute approximate surface area is 232 Å². The Bertz CT molecular complexity index is 1710. The van der Waals surface area contributed by atoms with Gasteiger partial charge in [0.05, 0.1) is 34.9 Å². The average molecular weight is 568 g/mol. The van der Waals surface area contributed by atoms with Gasteiger partial charge < -0.3 is 14.5 Å². The summed E-state index contributed by atoms with van der Waals surface area (Å²) in [4.78, 5) is 32.6. The monoisotopic (exact) mass is 567 g/mol. The molecule has 0 atom stereocenters. The van der Waals surface area contributed by atoms with Gasteiger partial charge in [-0.1, -0.05) is 19.9 Å². The van der Waals surface area contributed by atoms with Gasteiger partial charge in [0, 0.05) is 11.6 Å². The normalized spacial score (nSPS) is 11.7. The number of fused-ring (bicyclic) bond motifs is 1. The molecule has 0 fully saturated rings. The lowest BCUT2D eigenvalue weighted by Gasteiger charge is -2.14. The van der Waals surface area contributed by atoms with E-state index in [1.807, 2.05) is 0 Å². The number of aromatic nitrogens is 4. The molecule has 12 heteroatoms. The first kappa shape index (κ1) is 28.8. The van der Waals surface area contributed by atoms with Crippen LogP contribution in [0.5, 0.6) is 5.75 Å². The molecule has 0 unspecified atom stereocenters. The molecule has 0 bridgehead atoms. The topological polar surface area (TPSA) is 145 Å². The van der Waals surface area contributed by atoms with Crippen molar-refractivity contribution in [3.63, 3.8) is 0 Å². The number of sulfonamides is 1. The van der Waals surface area contributed by atoms with Gasteiger partial charge in [0.2, 0.25) is 0 Å². The van der Waals surface area contributed by atoms with E-state index in [0.29, 0.717) is 35.0 Å². The van der Waals surface area contributed by atoms with Gasteiger partial charge in [-0.05, 0) is 70.0 Å². The van der Waals surface area contributed by atoms with Crippen molar-refractivity contribution in [2.75, 3.05) is 17.9 Å². The van der Waals surface area contributed by atoms with E-state index in [1.165, 1.54) is 36.4 Å². The molecule has 2 aromatic heterocycles. The van der Waals surface area contributed by atoms with Crippen molar-refractivity contribution in [1.29, 1.82) is 0 Å².